The summed E-state index contributed by atoms with van der Waals surface area (Å²) in [6.45, 7) is 1.97. The van der Waals surface area contributed by atoms with Gasteiger partial charge in [-0.25, -0.2) is 0 Å². The van der Waals surface area contributed by atoms with Gasteiger partial charge in [0.1, 0.15) is 0 Å². The van der Waals surface area contributed by atoms with Crippen LogP contribution in [0.4, 0.5) is 0 Å². The highest BCUT2D eigenvalue weighted by Crippen LogP contribution is 2.26. The molecule has 0 aliphatic heterocycles. The van der Waals surface area contributed by atoms with Crippen molar-refractivity contribution in [1.29, 1.82) is 0 Å². The summed E-state index contributed by atoms with van der Waals surface area (Å²) in [5, 5.41) is 4.56. The van der Waals surface area contributed by atoms with Crippen LogP contribution in [0.15, 0.2) is 21.7 Å². The van der Waals surface area contributed by atoms with E-state index in [0.717, 1.165) is 15.6 Å². The number of benzene rings is 1. The lowest BCUT2D eigenvalue weighted by atomic mass is 10.1. The molecule has 3 nitrogen and oxygen atoms in total. The Morgan fingerprint density at radius 1 is 1.67 bits per heavy atom. The van der Waals surface area contributed by atoms with Crippen molar-refractivity contribution >= 4 is 51.1 Å². The van der Waals surface area contributed by atoms with Crippen molar-refractivity contribution in [3.05, 3.63) is 32.8 Å². The molecule has 0 radical (unpaired) electrons. The molecule has 6 heteroatoms. The smallest absolute Gasteiger partial charge is 0.184 e. The highest BCUT2D eigenvalue weighted by Gasteiger charge is 2.03. The molecule has 0 aliphatic carbocycles. The monoisotopic (exact) mass is 305 g/mol. The molecule has 0 heterocycles. The van der Waals surface area contributed by atoms with E-state index in [1.54, 1.807) is 6.21 Å². The van der Waals surface area contributed by atoms with Gasteiger partial charge in [0.15, 0.2) is 5.11 Å². The van der Waals surface area contributed by atoms with Gasteiger partial charge in [0, 0.05) is 10.0 Å². The number of halogens is 2. The van der Waals surface area contributed by atoms with E-state index in [2.05, 4.69) is 38.7 Å². The number of nitrogens with one attached hydrogen (secondary N) is 1. The van der Waals surface area contributed by atoms with Crippen LogP contribution >= 0.6 is 39.7 Å². The molecule has 0 spiro atoms. The Morgan fingerprint density at radius 3 is 2.93 bits per heavy atom. The van der Waals surface area contributed by atoms with Gasteiger partial charge in [0.2, 0.25) is 0 Å². The first-order chi connectivity index (χ1) is 7.00. The second-order valence-electron chi connectivity index (χ2n) is 2.88. The van der Waals surface area contributed by atoms with E-state index in [9.17, 15) is 0 Å². The number of hydrazone groups is 1. The van der Waals surface area contributed by atoms with Crippen LogP contribution in [-0.4, -0.2) is 11.3 Å². The van der Waals surface area contributed by atoms with Crippen LogP contribution in [0.1, 0.15) is 11.1 Å². The van der Waals surface area contributed by atoms with Gasteiger partial charge < -0.3 is 5.73 Å². The second kappa shape index (κ2) is 5.44. The van der Waals surface area contributed by atoms with Crippen LogP contribution in [0, 0.1) is 6.92 Å². The molecular weight excluding hydrogens is 298 g/mol. The van der Waals surface area contributed by atoms with Crippen LogP contribution in [0.2, 0.25) is 5.02 Å². The highest BCUT2D eigenvalue weighted by molar-refractivity contribution is 9.10. The third kappa shape index (κ3) is 3.77. The van der Waals surface area contributed by atoms with Gasteiger partial charge in [-0.1, -0.05) is 11.6 Å². The van der Waals surface area contributed by atoms with Crippen LogP contribution in [0.3, 0.4) is 0 Å². The van der Waals surface area contributed by atoms with E-state index in [4.69, 9.17) is 17.3 Å². The van der Waals surface area contributed by atoms with Crippen molar-refractivity contribution in [2.24, 2.45) is 10.8 Å². The van der Waals surface area contributed by atoms with Crippen LogP contribution < -0.4 is 11.2 Å². The Balaban J connectivity index is 2.94. The molecular formula is C9H9BrClN3S. The molecule has 0 atom stereocenters. The molecule has 80 valence electrons. The van der Waals surface area contributed by atoms with Gasteiger partial charge in [0.25, 0.3) is 0 Å². The molecule has 0 aromatic heterocycles. The molecule has 1 aromatic carbocycles. The summed E-state index contributed by atoms with van der Waals surface area (Å²) in [4.78, 5) is 0. The maximum atomic E-state index is 6.05. The fraction of sp³-hybridized carbons (Fsp3) is 0.111. The zero-order valence-electron chi connectivity index (χ0n) is 7.92. The van der Waals surface area contributed by atoms with E-state index >= 15 is 0 Å². The predicted molar refractivity (Wildman–Crippen MR) is 71.4 cm³/mol. The number of nitrogens with zero attached hydrogens (tertiary/aromatic N) is 1. The van der Waals surface area contributed by atoms with Gasteiger partial charge >= 0.3 is 0 Å². The average Bonchev–Trinajstić information content (AvgIpc) is 2.12. The largest absolute Gasteiger partial charge is 0.375 e. The Labute approximate surface area is 107 Å². The number of nitrogens with two attached hydrogens (primary N) is 1. The van der Waals surface area contributed by atoms with Crippen molar-refractivity contribution in [2.45, 2.75) is 6.92 Å². The van der Waals surface area contributed by atoms with E-state index < -0.39 is 0 Å². The number of rotatable bonds is 2. The molecule has 1 rings (SSSR count). The van der Waals surface area contributed by atoms with E-state index in [1.165, 1.54) is 0 Å². The summed E-state index contributed by atoms with van der Waals surface area (Å²) in [6.07, 6.45) is 1.57. The van der Waals surface area contributed by atoms with Gasteiger partial charge in [-0.05, 0) is 52.8 Å². The SMILES string of the molecule is Cc1cc(Br)c(Cl)c(C=NNC(N)=S)c1. The lowest BCUT2D eigenvalue weighted by Gasteiger charge is -2.03. The van der Waals surface area contributed by atoms with Crippen LogP contribution in [-0.2, 0) is 0 Å². The van der Waals surface area contributed by atoms with E-state index in [0.29, 0.717) is 5.02 Å². The maximum absolute atomic E-state index is 6.05. The number of hydrogen-bond acceptors (Lipinski definition) is 2. The molecule has 3 N–H and O–H groups in total. The molecule has 1 aromatic rings. The minimum absolute atomic E-state index is 0.120. The maximum Gasteiger partial charge on any atom is 0.184 e. The van der Waals surface area contributed by atoms with Crippen molar-refractivity contribution < 1.29 is 0 Å². The lowest BCUT2D eigenvalue weighted by Crippen LogP contribution is -2.24. The number of hydrogen-bond donors (Lipinski definition) is 2. The summed E-state index contributed by atoms with van der Waals surface area (Å²) in [5.74, 6) is 0. The lowest BCUT2D eigenvalue weighted by molar-refractivity contribution is 1.04. The van der Waals surface area contributed by atoms with Crippen LogP contribution in [0.25, 0.3) is 0 Å². The number of aryl methyl sites for hydroxylation is 1. The zero-order chi connectivity index (χ0) is 11.4. The minimum atomic E-state index is 0.120. The van der Waals surface area contributed by atoms with Crippen molar-refractivity contribution in [3.8, 4) is 0 Å². The van der Waals surface area contributed by atoms with E-state index in [-0.39, 0.29) is 5.11 Å². The predicted octanol–water partition coefficient (Wildman–Crippen LogP) is 2.58. The first-order valence-electron chi connectivity index (χ1n) is 4.05. The summed E-state index contributed by atoms with van der Waals surface area (Å²) in [7, 11) is 0. The van der Waals surface area contributed by atoms with Gasteiger partial charge in [-0.15, -0.1) is 0 Å². The third-order valence-electron chi connectivity index (χ3n) is 1.58. The third-order valence-corrected chi connectivity index (χ3v) is 2.95. The Morgan fingerprint density at radius 2 is 2.33 bits per heavy atom. The Hall–Kier alpha value is -0.650. The molecule has 15 heavy (non-hydrogen) atoms. The minimum Gasteiger partial charge on any atom is -0.375 e. The Bertz CT molecular complexity index is 420. The Kier molecular flexibility index (Phi) is 4.50. The van der Waals surface area contributed by atoms with Gasteiger partial charge in [0.05, 0.1) is 11.2 Å². The highest BCUT2D eigenvalue weighted by atomic mass is 79.9. The summed E-state index contributed by atoms with van der Waals surface area (Å²) in [6, 6.07) is 3.85. The normalized spacial score (nSPS) is 10.6. The molecule has 0 saturated heterocycles. The molecule has 0 bridgehead atoms. The van der Waals surface area contributed by atoms with Crippen molar-refractivity contribution in [3.63, 3.8) is 0 Å². The van der Waals surface area contributed by atoms with Gasteiger partial charge in [-0.3, -0.25) is 5.43 Å². The number of thiocarbonyl (C=S) groups is 1. The first-order valence-corrected chi connectivity index (χ1v) is 5.63. The summed E-state index contributed by atoms with van der Waals surface area (Å²) >= 11 is 14.0. The van der Waals surface area contributed by atoms with Gasteiger partial charge in [-0.2, -0.15) is 5.10 Å². The molecule has 0 saturated carbocycles. The summed E-state index contributed by atoms with van der Waals surface area (Å²) in [5.41, 5.74) is 9.57. The second-order valence-corrected chi connectivity index (χ2v) is 4.56. The molecule has 0 unspecified atom stereocenters. The topological polar surface area (TPSA) is 50.4 Å². The van der Waals surface area contributed by atoms with Crippen molar-refractivity contribution in [2.75, 3.05) is 0 Å². The summed E-state index contributed by atoms with van der Waals surface area (Å²) < 4.78 is 0.834. The molecule has 0 amide bonds. The molecule has 0 aliphatic rings. The molecule has 0 fully saturated rings. The van der Waals surface area contributed by atoms with Crippen molar-refractivity contribution in [1.82, 2.24) is 5.43 Å². The fourth-order valence-corrected chi connectivity index (χ4v) is 1.81. The zero-order valence-corrected chi connectivity index (χ0v) is 11.1. The quantitative estimate of drug-likeness (QED) is 0.501. The van der Waals surface area contributed by atoms with E-state index in [1.807, 2.05) is 19.1 Å². The average molecular weight is 307 g/mol. The van der Waals surface area contributed by atoms with Crippen LogP contribution in [0.5, 0.6) is 0 Å². The first kappa shape index (κ1) is 12.4. The standard InChI is InChI=1S/C9H9BrClN3S/c1-5-2-6(4-13-14-9(12)15)8(11)7(10)3-5/h2-4H,1H3,(H3,12,14,15). The fourth-order valence-electron chi connectivity index (χ4n) is 1.01.